The maximum atomic E-state index is 11.6. The van der Waals surface area contributed by atoms with Gasteiger partial charge in [-0.15, -0.1) is 23.5 Å². The number of aromatic amines is 1. The lowest BCUT2D eigenvalue weighted by Crippen LogP contribution is -2.33. The van der Waals surface area contributed by atoms with Crippen LogP contribution >= 0.6 is 143 Å². The summed E-state index contributed by atoms with van der Waals surface area (Å²) >= 11 is 46.3. The number of anilines is 1. The van der Waals surface area contributed by atoms with Crippen LogP contribution in [0.5, 0.6) is 0 Å². The van der Waals surface area contributed by atoms with Crippen LogP contribution < -0.4 is 16.0 Å². The summed E-state index contributed by atoms with van der Waals surface area (Å²) in [5.74, 6) is -0.787. The molecule has 0 bridgehead atoms. The second-order valence-electron chi connectivity index (χ2n) is 14.2. The Morgan fingerprint density at radius 2 is 1.25 bits per heavy atom. The molecule has 6 aromatic rings. The van der Waals surface area contributed by atoms with Crippen LogP contribution in [0.15, 0.2) is 109 Å². The highest BCUT2D eigenvalue weighted by atomic mass is 127. The van der Waals surface area contributed by atoms with E-state index in [1.807, 2.05) is 90.4 Å². The van der Waals surface area contributed by atoms with E-state index in [1.54, 1.807) is 24.6 Å². The van der Waals surface area contributed by atoms with Gasteiger partial charge in [0.1, 0.15) is 20.8 Å². The third-order valence-electron chi connectivity index (χ3n) is 8.44. The van der Waals surface area contributed by atoms with Crippen LogP contribution in [0.4, 0.5) is 5.82 Å². The van der Waals surface area contributed by atoms with Gasteiger partial charge in [-0.05, 0) is 134 Å². The second kappa shape index (κ2) is 33.7. The predicted octanol–water partition coefficient (Wildman–Crippen LogP) is 11.6. The van der Waals surface area contributed by atoms with Crippen molar-refractivity contribution >= 4 is 203 Å². The van der Waals surface area contributed by atoms with Gasteiger partial charge in [-0.3, -0.25) is 34.4 Å². The standard InChI is InChI=1S/C12H12ClN3O2S.C10H8N2.C6H7NO2S.C5H4Cl2N2O2S.C5H4Cl2N2S.C5H4INO2.Cl3OP/c1-19(17,18)10-8-15-12(13)16-11(10)14-7-9-5-3-2-4-6-9;1-7-5-9-8(6-11)3-2-4-10(9)12-7;1-10-4-2-3-5(8)7-6(4)9;1-12(10,11)3-2-8-5(7)9-4(3)6;1-10-3-2-8-5(7)9-4(3)6;6-3-1-2-4(8)7-5(3)9;1-5(2,3)4/h2-6,8H,7H2,1H3,(H,14,15,16);2-5,12H,1H3;2H,3H2,1H3,(H,7,8,9);2H,1H3;2H,1H3;1H,2H2,(H,7,8,9);. The number of H-pyrrole nitrogens is 1. The number of carbonyl (C=O) groups is 4. The van der Waals surface area contributed by atoms with E-state index in [0.29, 0.717) is 33.0 Å². The number of carbonyl (C=O) groups excluding carboxylic acids is 4. The number of sulfone groups is 2. The number of amides is 4. The van der Waals surface area contributed by atoms with Crippen molar-refractivity contribution in [3.05, 3.63) is 137 Å². The summed E-state index contributed by atoms with van der Waals surface area (Å²) in [4.78, 5) is 69.1. The summed E-state index contributed by atoms with van der Waals surface area (Å²) in [7, 11) is -6.77. The van der Waals surface area contributed by atoms with E-state index in [9.17, 15) is 40.6 Å². The van der Waals surface area contributed by atoms with E-state index in [4.69, 9.17) is 63.3 Å². The summed E-state index contributed by atoms with van der Waals surface area (Å²) in [5, 5.41) is 14.3. The van der Waals surface area contributed by atoms with Crippen molar-refractivity contribution in [3.8, 4) is 6.07 Å². The lowest BCUT2D eigenvalue weighted by molar-refractivity contribution is -0.130. The topological polar surface area (TPSA) is 307 Å². The number of nitrogens with zero attached hydrogens (tertiary/aromatic N) is 7. The van der Waals surface area contributed by atoms with E-state index < -0.39 is 24.9 Å². The van der Waals surface area contributed by atoms with Crippen molar-refractivity contribution in [2.24, 2.45) is 0 Å². The third-order valence-corrected chi connectivity index (χ3v) is 14.4. The summed E-state index contributed by atoms with van der Waals surface area (Å²) in [6.07, 6.45) is 13.6. The quantitative estimate of drug-likeness (QED) is 0.0288. The minimum Gasteiger partial charge on any atom is -0.365 e. The van der Waals surface area contributed by atoms with Gasteiger partial charge in [0.25, 0.3) is 11.8 Å². The van der Waals surface area contributed by atoms with Crippen LogP contribution in [0.1, 0.15) is 29.7 Å². The molecule has 0 spiro atoms. The summed E-state index contributed by atoms with van der Waals surface area (Å²) in [6, 6.07) is 19.4. The fraction of sp³-hybridized carbons (Fsp3) is 0.186. The lowest BCUT2D eigenvalue weighted by Gasteiger charge is -2.09. The highest BCUT2D eigenvalue weighted by molar-refractivity contribution is 14.1. The Hall–Kier alpha value is -3.85. The molecule has 0 saturated heterocycles. The molecule has 2 aromatic carbocycles. The highest BCUT2D eigenvalue weighted by Crippen LogP contribution is 2.61. The maximum absolute atomic E-state index is 11.6. The van der Waals surface area contributed by atoms with Crippen molar-refractivity contribution in [2.45, 2.75) is 41.0 Å². The first-order valence-corrected chi connectivity index (χ1v) is 34.0. The number of aryl methyl sites for hydroxylation is 1. The molecule has 4 amide bonds. The molecule has 2 aliphatic rings. The number of nitriles is 1. The van der Waals surface area contributed by atoms with Gasteiger partial charge in [-0.1, -0.05) is 71.8 Å². The number of benzene rings is 2. The van der Waals surface area contributed by atoms with Gasteiger partial charge in [0.15, 0.2) is 24.8 Å². The summed E-state index contributed by atoms with van der Waals surface area (Å²) in [5.41, 5.74) is 3.87. The molecule has 2 aliphatic heterocycles. The molecule has 0 saturated carbocycles. The van der Waals surface area contributed by atoms with Gasteiger partial charge < -0.3 is 10.3 Å². The minimum atomic E-state index is -3.40. The molecule has 0 aliphatic carbocycles. The fourth-order valence-electron chi connectivity index (χ4n) is 5.17. The molecule has 4 aromatic heterocycles. The van der Waals surface area contributed by atoms with Crippen molar-refractivity contribution in [3.63, 3.8) is 0 Å². The smallest absolute Gasteiger partial charge is 0.339 e. The molecule has 77 heavy (non-hydrogen) atoms. The van der Waals surface area contributed by atoms with Gasteiger partial charge in [-0.25, -0.2) is 41.8 Å². The molecule has 4 N–H and O–H groups in total. The van der Waals surface area contributed by atoms with E-state index in [-0.39, 0.29) is 60.2 Å². The van der Waals surface area contributed by atoms with E-state index >= 15 is 0 Å². The molecule has 6 heterocycles. The second-order valence-corrected chi connectivity index (χ2v) is 29.4. The van der Waals surface area contributed by atoms with Gasteiger partial charge in [0, 0.05) is 54.7 Å². The van der Waals surface area contributed by atoms with Gasteiger partial charge in [-0.2, -0.15) is 10.2 Å². The van der Waals surface area contributed by atoms with Gasteiger partial charge in [0.2, 0.25) is 27.7 Å². The maximum Gasteiger partial charge on any atom is 0.339 e. The monoisotopic (exact) mass is 1420 g/mol. The SMILES string of the molecule is CS(=O)(=O)c1cnc(Cl)nc1Cl.CS(=O)(=O)c1cnc(Cl)nc1NCc1ccccc1.CSC1=CCC(=O)NC1=O.CSc1cnc(Cl)nc1Cl.Cc1cc2c(C#N)cccc2[nH]1.O=C1CC=C(I)C(=O)N1.O=P(Cl)(Cl)Cl. The van der Waals surface area contributed by atoms with Crippen LogP contribution in [-0.4, -0.2) is 100 Å². The Balaban J connectivity index is 0.000000316. The average molecular weight is 1420 g/mol. The first kappa shape index (κ1) is 69.3. The normalized spacial score (nSPS) is 12.8. The van der Waals surface area contributed by atoms with E-state index in [2.05, 4.69) is 90.6 Å². The van der Waals surface area contributed by atoms with E-state index in [0.717, 1.165) is 51.3 Å². The molecule has 8 rings (SSSR count). The Bertz CT molecular complexity index is 3460. The van der Waals surface area contributed by atoms with Gasteiger partial charge >= 0.3 is 5.20 Å². The number of thioether (sulfide) groups is 2. The number of aromatic nitrogens is 7. The van der Waals surface area contributed by atoms with Crippen LogP contribution in [0.25, 0.3) is 10.9 Å². The fourth-order valence-corrected chi connectivity index (χ4v) is 9.09. The van der Waals surface area contributed by atoms with Crippen molar-refractivity contribution in [1.29, 1.82) is 5.26 Å². The van der Waals surface area contributed by atoms with Crippen molar-refractivity contribution in [1.82, 2.24) is 45.5 Å². The number of fused-ring (bicyclic) bond motifs is 1. The Labute approximate surface area is 503 Å². The molecule has 0 atom stereocenters. The number of nitrogens with one attached hydrogen (secondary N) is 4. The van der Waals surface area contributed by atoms with Crippen LogP contribution in [0.2, 0.25) is 26.2 Å². The molecular weight excluding hydrogens is 1380 g/mol. The van der Waals surface area contributed by atoms with Crippen molar-refractivity contribution < 1.29 is 40.6 Å². The first-order chi connectivity index (χ1) is 35.9. The third kappa shape index (κ3) is 27.2. The van der Waals surface area contributed by atoms with E-state index in [1.165, 1.54) is 29.7 Å². The number of rotatable bonds is 7. The van der Waals surface area contributed by atoms with Gasteiger partial charge in [0.05, 0.1) is 37.4 Å². The molecule has 20 nitrogen and oxygen atoms in total. The zero-order valence-electron chi connectivity index (χ0n) is 40.0. The number of hydrogen-bond acceptors (Lipinski definition) is 19. The largest absolute Gasteiger partial charge is 0.365 e. The Morgan fingerprint density at radius 1 is 0.727 bits per heavy atom. The summed E-state index contributed by atoms with van der Waals surface area (Å²) < 4.78 is 55.2. The number of imide groups is 2. The Morgan fingerprint density at radius 3 is 1.73 bits per heavy atom. The molecule has 0 fully saturated rings. The lowest BCUT2D eigenvalue weighted by atomic mass is 10.1. The zero-order valence-corrected chi connectivity index (χ0v) is 52.4. The number of hydrogen-bond donors (Lipinski definition) is 4. The molecule has 0 unspecified atom stereocenters. The van der Waals surface area contributed by atoms with Crippen molar-refractivity contribution in [2.75, 3.05) is 30.3 Å². The van der Waals surface area contributed by atoms with Crippen LogP contribution in [0, 0.1) is 18.3 Å². The average Bonchev–Trinajstić information content (AvgIpc) is 3.73. The summed E-state index contributed by atoms with van der Waals surface area (Å²) in [6.45, 7) is 2.44. The molecule has 412 valence electrons. The minimum absolute atomic E-state index is 0.00274. The molecular formula is C43H39Cl8IN11O9PS4. The van der Waals surface area contributed by atoms with Crippen LogP contribution in [0.3, 0.4) is 0 Å². The molecule has 0 radical (unpaired) electrons. The Kier molecular flexibility index (Phi) is 30.3. The molecule has 34 heteroatoms. The predicted molar refractivity (Wildman–Crippen MR) is 315 cm³/mol. The zero-order chi connectivity index (χ0) is 58.3. The number of halogens is 9. The first-order valence-electron chi connectivity index (χ1n) is 20.4. The highest BCUT2D eigenvalue weighted by Gasteiger charge is 2.18. The van der Waals surface area contributed by atoms with Crippen LogP contribution in [-0.2, 0) is 50.0 Å².